The summed E-state index contributed by atoms with van der Waals surface area (Å²) >= 11 is 0. The van der Waals surface area contributed by atoms with Gasteiger partial charge in [0.1, 0.15) is 6.61 Å². The maximum atomic E-state index is 12.8. The lowest BCUT2D eigenvalue weighted by atomic mass is 10.1. The third-order valence-corrected chi connectivity index (χ3v) is 11.7. The molecule has 0 saturated carbocycles. The van der Waals surface area contributed by atoms with Gasteiger partial charge in [0.25, 0.3) is 0 Å². The number of rotatable bonds is 47. The average molecular weight is 887 g/mol. The predicted molar refractivity (Wildman–Crippen MR) is 266 cm³/mol. The third-order valence-electron chi connectivity index (χ3n) is 11.7. The van der Waals surface area contributed by atoms with E-state index in [1.54, 1.807) is 0 Å². The van der Waals surface area contributed by atoms with Crippen LogP contribution in [0.2, 0.25) is 0 Å². The first-order valence-electron chi connectivity index (χ1n) is 26.2. The van der Waals surface area contributed by atoms with Crippen LogP contribution in [0, 0.1) is 0 Å². The Kier molecular flexibility index (Phi) is 43.9. The summed E-state index contributed by atoms with van der Waals surface area (Å²) in [6.45, 7) is 4.64. The van der Waals surface area contributed by atoms with Crippen LogP contribution >= 0.6 is 0 Å². The Balaban J connectivity index is 4.23. The molecule has 2 unspecified atom stereocenters. The number of carbonyl (C=O) groups excluding carboxylic acids is 2. The topological polar surface area (TPSA) is 99.1 Å². The van der Waals surface area contributed by atoms with E-state index >= 15 is 0 Å². The van der Waals surface area contributed by atoms with Gasteiger partial charge in [-0.15, -0.1) is 0 Å². The fourth-order valence-corrected chi connectivity index (χ4v) is 7.69. The summed E-state index contributed by atoms with van der Waals surface area (Å²) < 4.78 is 17.4. The van der Waals surface area contributed by atoms with Crippen LogP contribution in [0.5, 0.6) is 0 Å². The second-order valence-electron chi connectivity index (χ2n) is 18.7. The summed E-state index contributed by atoms with van der Waals surface area (Å²) in [5, 5.41) is 9.66. The van der Waals surface area contributed by atoms with Gasteiger partial charge in [0.2, 0.25) is 0 Å². The zero-order chi connectivity index (χ0) is 46.3. The fourth-order valence-electron chi connectivity index (χ4n) is 7.69. The quantitative estimate of drug-likeness (QED) is 0.0281. The highest BCUT2D eigenvalue weighted by atomic mass is 16.6. The molecule has 0 aromatic heterocycles. The molecule has 0 radical (unpaired) electrons. The summed E-state index contributed by atoms with van der Waals surface area (Å²) in [6, 6.07) is -0.617. The van der Waals surface area contributed by atoms with Gasteiger partial charge in [-0.3, -0.25) is 9.59 Å². The highest BCUT2D eigenvalue weighted by molar-refractivity contribution is 5.72. The third kappa shape index (κ3) is 44.3. The van der Waals surface area contributed by atoms with E-state index in [9.17, 15) is 19.5 Å². The van der Waals surface area contributed by atoms with Crippen molar-refractivity contribution in [1.29, 1.82) is 0 Å². The number of unbranched alkanes of at least 4 members (excludes halogenated alkanes) is 25. The van der Waals surface area contributed by atoms with E-state index in [0.29, 0.717) is 19.3 Å². The molecule has 0 aromatic carbocycles. The molecule has 0 aliphatic heterocycles. The van der Waals surface area contributed by atoms with Gasteiger partial charge in [-0.2, -0.15) is 0 Å². The van der Waals surface area contributed by atoms with Crippen LogP contribution in [-0.2, 0) is 28.6 Å². The van der Waals surface area contributed by atoms with Crippen molar-refractivity contribution in [2.75, 3.05) is 41.0 Å². The van der Waals surface area contributed by atoms with E-state index in [4.69, 9.17) is 14.2 Å². The lowest BCUT2D eigenvalue weighted by Gasteiger charge is -2.31. The van der Waals surface area contributed by atoms with Crippen molar-refractivity contribution in [1.82, 2.24) is 0 Å². The van der Waals surface area contributed by atoms with Crippen molar-refractivity contribution in [3.05, 3.63) is 48.6 Å². The van der Waals surface area contributed by atoms with Crippen LogP contribution in [0.25, 0.3) is 0 Å². The minimum Gasteiger partial charge on any atom is -0.477 e. The molecule has 0 rings (SSSR count). The van der Waals surface area contributed by atoms with Crippen molar-refractivity contribution in [3.63, 3.8) is 0 Å². The number of quaternary nitrogens is 1. The lowest BCUT2D eigenvalue weighted by Crippen LogP contribution is -2.50. The Hall–Kier alpha value is -2.71. The van der Waals surface area contributed by atoms with Crippen molar-refractivity contribution in [2.24, 2.45) is 0 Å². The predicted octanol–water partition coefficient (Wildman–Crippen LogP) is 15.1. The Bertz CT molecular complexity index is 1170. The largest absolute Gasteiger partial charge is 0.477 e. The van der Waals surface area contributed by atoms with Gasteiger partial charge < -0.3 is 23.8 Å². The van der Waals surface area contributed by atoms with Crippen molar-refractivity contribution in [3.8, 4) is 0 Å². The molecule has 1 N–H and O–H groups in total. The SMILES string of the molecule is CC/C=C/C/C=C/C/C=C/CCCCCCCCCCCCC(=O)OCC(COCCC(C(=O)O)[N+](C)(C)C)OC(=O)CCCCCCCCC/C=C/CCCCCCCCCC. The van der Waals surface area contributed by atoms with E-state index < -0.39 is 18.1 Å². The van der Waals surface area contributed by atoms with Crippen LogP contribution in [0.4, 0.5) is 0 Å². The fraction of sp³-hybridized carbons (Fsp3) is 0.800. The first kappa shape index (κ1) is 60.3. The first-order chi connectivity index (χ1) is 30.6. The second kappa shape index (κ2) is 45.8. The molecule has 0 bridgehead atoms. The standard InChI is InChI=1S/C55H99NO7/c1-6-8-10-12-14-16-18-20-22-24-26-28-29-31-33-35-37-39-41-43-45-53(57)62-50-51(49-61-48-47-52(55(59)60)56(3,4)5)63-54(58)46-44-42-40-38-36-34-32-30-27-25-23-21-19-17-15-13-11-9-7-2/h8,10,14,16,20,22,25,27,51-52H,6-7,9,11-13,15,17-19,21,23-24,26,28-50H2,1-5H3/p+1/b10-8+,16-14+,22-20+,27-25+. The number of aliphatic carboxylic acids is 1. The number of ether oxygens (including phenoxy) is 3. The molecule has 0 aliphatic carbocycles. The summed E-state index contributed by atoms with van der Waals surface area (Å²) in [7, 11) is 5.54. The molecule has 0 heterocycles. The number of nitrogens with zero attached hydrogens (tertiary/aromatic N) is 1. The smallest absolute Gasteiger partial charge is 0.362 e. The number of carboxylic acid groups (broad SMARTS) is 1. The van der Waals surface area contributed by atoms with Gasteiger partial charge in [0.05, 0.1) is 34.4 Å². The number of likely N-dealkylation sites (N-methyl/N-ethyl adjacent to an activating group) is 1. The molecule has 0 spiro atoms. The number of allylic oxidation sites excluding steroid dienone is 8. The Labute approximate surface area is 388 Å². The minimum atomic E-state index is -0.875. The minimum absolute atomic E-state index is 0.0541. The number of carbonyl (C=O) groups is 3. The van der Waals surface area contributed by atoms with Crippen LogP contribution in [0.15, 0.2) is 48.6 Å². The molecule has 0 amide bonds. The highest BCUT2D eigenvalue weighted by Gasteiger charge is 2.31. The number of carboxylic acids is 1. The summed E-state index contributed by atoms with van der Waals surface area (Å²) in [5.74, 6) is -1.47. The van der Waals surface area contributed by atoms with E-state index in [0.717, 1.165) is 57.8 Å². The summed E-state index contributed by atoms with van der Waals surface area (Å²) in [4.78, 5) is 37.2. The van der Waals surface area contributed by atoms with Gasteiger partial charge in [0.15, 0.2) is 12.1 Å². The van der Waals surface area contributed by atoms with Gasteiger partial charge in [0, 0.05) is 19.3 Å². The molecular weight excluding hydrogens is 787 g/mol. The molecule has 0 aliphatic rings. The Morgan fingerprint density at radius 1 is 0.492 bits per heavy atom. The van der Waals surface area contributed by atoms with Gasteiger partial charge >= 0.3 is 17.9 Å². The average Bonchev–Trinajstić information content (AvgIpc) is 3.24. The highest BCUT2D eigenvalue weighted by Crippen LogP contribution is 2.15. The molecule has 0 fully saturated rings. The van der Waals surface area contributed by atoms with E-state index in [2.05, 4.69) is 62.5 Å². The molecule has 0 aromatic rings. The number of esters is 2. The van der Waals surface area contributed by atoms with E-state index in [1.165, 1.54) is 141 Å². The lowest BCUT2D eigenvalue weighted by molar-refractivity contribution is -0.887. The monoisotopic (exact) mass is 887 g/mol. The molecule has 2 atom stereocenters. The van der Waals surface area contributed by atoms with Crippen LogP contribution in [0.1, 0.15) is 232 Å². The van der Waals surface area contributed by atoms with Crippen molar-refractivity contribution in [2.45, 2.75) is 244 Å². The van der Waals surface area contributed by atoms with E-state index in [-0.39, 0.29) is 36.2 Å². The maximum absolute atomic E-state index is 12.8. The van der Waals surface area contributed by atoms with Crippen LogP contribution < -0.4 is 0 Å². The van der Waals surface area contributed by atoms with Crippen molar-refractivity contribution < 1.29 is 38.2 Å². The van der Waals surface area contributed by atoms with Crippen LogP contribution in [-0.4, -0.2) is 80.6 Å². The summed E-state index contributed by atoms with van der Waals surface area (Å²) in [6.07, 6.45) is 55.9. The van der Waals surface area contributed by atoms with Crippen LogP contribution in [0.3, 0.4) is 0 Å². The normalized spacial score (nSPS) is 13.2. The Morgan fingerprint density at radius 3 is 1.33 bits per heavy atom. The second-order valence-corrected chi connectivity index (χ2v) is 18.7. The van der Waals surface area contributed by atoms with Gasteiger partial charge in [-0.25, -0.2) is 4.79 Å². The number of hydrogen-bond donors (Lipinski definition) is 1. The summed E-state index contributed by atoms with van der Waals surface area (Å²) in [5.41, 5.74) is 0. The zero-order valence-electron chi connectivity index (χ0n) is 41.8. The van der Waals surface area contributed by atoms with Crippen molar-refractivity contribution >= 4 is 17.9 Å². The zero-order valence-corrected chi connectivity index (χ0v) is 41.8. The Morgan fingerprint density at radius 2 is 0.889 bits per heavy atom. The van der Waals surface area contributed by atoms with E-state index in [1.807, 2.05) is 21.1 Å². The molecule has 63 heavy (non-hydrogen) atoms. The van der Waals surface area contributed by atoms with Gasteiger partial charge in [-0.05, 0) is 70.6 Å². The molecule has 8 nitrogen and oxygen atoms in total. The molecule has 0 saturated heterocycles. The molecular formula is C55H100NO7+. The molecule has 366 valence electrons. The maximum Gasteiger partial charge on any atom is 0.362 e. The first-order valence-corrected chi connectivity index (χ1v) is 26.2. The van der Waals surface area contributed by atoms with Gasteiger partial charge in [-0.1, -0.05) is 191 Å². The molecule has 8 heteroatoms. The number of hydrogen-bond acceptors (Lipinski definition) is 6.